The summed E-state index contributed by atoms with van der Waals surface area (Å²) in [5, 5.41) is 0. The van der Waals surface area contributed by atoms with E-state index in [1.54, 1.807) is 0 Å². The Kier molecular flexibility index (Phi) is 19.9. The van der Waals surface area contributed by atoms with E-state index in [1.165, 1.54) is 0 Å². The molecule has 4 heavy (non-hydrogen) atoms. The number of halogens is 1. The molecule has 0 aromatic carbocycles. The van der Waals surface area contributed by atoms with E-state index in [2.05, 4.69) is 9.26 Å². The van der Waals surface area contributed by atoms with Crippen LogP contribution in [0.2, 0.25) is 9.26 Å². The Morgan fingerprint density at radius 3 is 1.25 bits per heavy atom. The summed E-state index contributed by atoms with van der Waals surface area (Å²) in [6, 6.07) is 0. The van der Waals surface area contributed by atoms with Crippen LogP contribution in [-0.4, -0.2) is 0 Å². The van der Waals surface area contributed by atoms with E-state index in [4.69, 9.17) is 0 Å². The van der Waals surface area contributed by atoms with Crippen LogP contribution < -0.4 is 0 Å². The average molecular weight is 158 g/mol. The van der Waals surface area contributed by atoms with E-state index in [-0.39, 0.29) is 35.6 Å². The molecule has 0 unspecified atom stereocenters. The van der Waals surface area contributed by atoms with Gasteiger partial charge in [0.2, 0.25) is 0 Å². The van der Waals surface area contributed by atoms with E-state index in [0.29, 0.717) is 0 Å². The summed E-state index contributed by atoms with van der Waals surface area (Å²) in [5.74, 6) is 0. The van der Waals surface area contributed by atoms with Crippen LogP contribution in [-0.2, 0) is 23.2 Å². The molecule has 0 heterocycles. The summed E-state index contributed by atoms with van der Waals surface area (Å²) in [5.41, 5.74) is 0. The third-order valence-corrected chi connectivity index (χ3v) is 0. The van der Waals surface area contributed by atoms with Gasteiger partial charge >= 0.3 is 32.5 Å². The van der Waals surface area contributed by atoms with Crippen molar-refractivity contribution in [1.82, 2.24) is 0 Å². The Balaban J connectivity index is 0. The van der Waals surface area contributed by atoms with Gasteiger partial charge in [-0.25, -0.2) is 0 Å². The molecule has 0 aromatic heterocycles. The van der Waals surface area contributed by atoms with Crippen molar-refractivity contribution in [3.63, 3.8) is 0 Å². The third kappa shape index (κ3) is 10.9. The van der Waals surface area contributed by atoms with Gasteiger partial charge in [-0.2, -0.15) is 0 Å². The van der Waals surface area contributed by atoms with Crippen LogP contribution in [0.1, 0.15) is 0 Å². The fourth-order valence-electron chi connectivity index (χ4n) is 0. The molecule has 0 aromatic rings. The molecule has 0 saturated carbocycles. The van der Waals surface area contributed by atoms with Crippen molar-refractivity contribution < 1.29 is 23.2 Å². The van der Waals surface area contributed by atoms with Crippen molar-refractivity contribution in [3.8, 4) is 0 Å². The maximum absolute atomic E-state index is 2.30. The van der Waals surface area contributed by atoms with Crippen molar-refractivity contribution >= 4 is 12.4 Å². The Hall–Kier alpha value is 1.17. The molecule has 2 heteroatoms. The van der Waals surface area contributed by atoms with Gasteiger partial charge in [0.05, 0.1) is 0 Å². The average Bonchev–Trinajstić information content (AvgIpc) is 0.918. The molecular formula is C2H7ClZr. The van der Waals surface area contributed by atoms with Crippen molar-refractivity contribution in [2.45, 2.75) is 9.26 Å². The predicted octanol–water partition coefficient (Wildman–Crippen LogP) is 1.59. The Labute approximate surface area is 45.0 Å². The van der Waals surface area contributed by atoms with Gasteiger partial charge in [0.25, 0.3) is 0 Å². The summed E-state index contributed by atoms with van der Waals surface area (Å²) >= 11 is 0.230. The second-order valence-corrected chi connectivity index (χ2v) is 2.96. The van der Waals surface area contributed by atoms with Gasteiger partial charge in [-0.05, 0) is 0 Å². The van der Waals surface area contributed by atoms with Gasteiger partial charge in [0.1, 0.15) is 0 Å². The fraction of sp³-hybridized carbons (Fsp3) is 1.00. The van der Waals surface area contributed by atoms with Crippen LogP contribution >= 0.6 is 12.4 Å². The summed E-state index contributed by atoms with van der Waals surface area (Å²) in [4.78, 5) is 0. The zero-order chi connectivity index (χ0) is 2.71. The van der Waals surface area contributed by atoms with Crippen LogP contribution in [0.25, 0.3) is 0 Å². The van der Waals surface area contributed by atoms with Crippen molar-refractivity contribution in [3.05, 3.63) is 0 Å². The van der Waals surface area contributed by atoms with Gasteiger partial charge in [-0.1, -0.05) is 0 Å². The quantitative estimate of drug-likeness (QED) is 0.501. The van der Waals surface area contributed by atoms with Crippen molar-refractivity contribution in [1.29, 1.82) is 0 Å². The fourth-order valence-corrected chi connectivity index (χ4v) is 0. The molecule has 0 bridgehead atoms. The second-order valence-electron chi connectivity index (χ2n) is 0.500. The third-order valence-electron chi connectivity index (χ3n) is 0. The van der Waals surface area contributed by atoms with Crippen molar-refractivity contribution in [2.24, 2.45) is 0 Å². The number of rotatable bonds is 0. The monoisotopic (exact) mass is 156 g/mol. The number of hydrogen-bond donors (Lipinski definition) is 0. The number of hydrogen-bond acceptors (Lipinski definition) is 0. The molecule has 0 saturated heterocycles. The molecule has 0 aliphatic heterocycles. The first-order valence-electron chi connectivity index (χ1n) is 1.00. The van der Waals surface area contributed by atoms with Crippen LogP contribution in [0.5, 0.6) is 0 Å². The first-order chi connectivity index (χ1) is 1.41. The molecule has 0 amide bonds. The molecular weight excluding hydrogens is 151 g/mol. The normalized spacial score (nSPS) is 3.50. The van der Waals surface area contributed by atoms with Gasteiger partial charge < -0.3 is 0 Å². The summed E-state index contributed by atoms with van der Waals surface area (Å²) in [6.45, 7) is 0. The molecule has 0 spiro atoms. The molecule has 0 nitrogen and oxygen atoms in total. The summed E-state index contributed by atoms with van der Waals surface area (Å²) < 4.78 is 4.59. The molecule has 0 rings (SSSR count). The van der Waals surface area contributed by atoms with Crippen LogP contribution in [0.15, 0.2) is 0 Å². The Morgan fingerprint density at radius 1 is 1.25 bits per heavy atom. The maximum atomic E-state index is 2.30. The van der Waals surface area contributed by atoms with Crippen LogP contribution in [0.3, 0.4) is 0 Å². The molecule has 0 N–H and O–H groups in total. The SMILES string of the molecule is Cl.[CH3][Zr][CH3]. The molecule has 0 aliphatic rings. The first-order valence-corrected chi connectivity index (χ1v) is 5.92. The van der Waals surface area contributed by atoms with E-state index in [0.717, 1.165) is 0 Å². The van der Waals surface area contributed by atoms with E-state index in [9.17, 15) is 0 Å². The van der Waals surface area contributed by atoms with Crippen LogP contribution in [0, 0.1) is 0 Å². The minimum absolute atomic E-state index is 0. The zero-order valence-corrected chi connectivity index (χ0v) is 6.18. The zero-order valence-electron chi connectivity index (χ0n) is 2.91. The van der Waals surface area contributed by atoms with Gasteiger partial charge in [0.15, 0.2) is 0 Å². The standard InChI is InChI=1S/2CH3.ClH.Zr/h2*1H3;1H;. The Bertz CT molecular complexity index is 6.00. The van der Waals surface area contributed by atoms with Crippen molar-refractivity contribution in [2.75, 3.05) is 0 Å². The van der Waals surface area contributed by atoms with Gasteiger partial charge in [-0.15, -0.1) is 12.4 Å². The van der Waals surface area contributed by atoms with Gasteiger partial charge in [-0.3, -0.25) is 0 Å². The summed E-state index contributed by atoms with van der Waals surface area (Å²) in [6.07, 6.45) is 0. The molecule has 0 fully saturated rings. The second kappa shape index (κ2) is 8.90. The molecule has 0 radical (unpaired) electrons. The first kappa shape index (κ1) is 8.95. The molecule has 26 valence electrons. The minimum atomic E-state index is 0. The molecule has 0 atom stereocenters. The predicted molar refractivity (Wildman–Crippen MR) is 19.0 cm³/mol. The van der Waals surface area contributed by atoms with E-state index < -0.39 is 0 Å². The molecule has 0 aliphatic carbocycles. The van der Waals surface area contributed by atoms with E-state index in [1.807, 2.05) is 0 Å². The van der Waals surface area contributed by atoms with E-state index >= 15 is 0 Å². The topological polar surface area (TPSA) is 0 Å². The summed E-state index contributed by atoms with van der Waals surface area (Å²) in [7, 11) is 0. The van der Waals surface area contributed by atoms with Crippen LogP contribution in [0.4, 0.5) is 0 Å². The van der Waals surface area contributed by atoms with Gasteiger partial charge in [0, 0.05) is 0 Å². The Morgan fingerprint density at radius 2 is 1.25 bits per heavy atom.